The van der Waals surface area contributed by atoms with Gasteiger partial charge in [-0.3, -0.25) is 5.10 Å². The molecule has 0 fully saturated rings. The first-order chi connectivity index (χ1) is 6.15. The Hall–Kier alpha value is -1.03. The van der Waals surface area contributed by atoms with Crippen molar-refractivity contribution in [2.24, 2.45) is 0 Å². The van der Waals surface area contributed by atoms with E-state index in [1.54, 1.807) is 13.1 Å². The summed E-state index contributed by atoms with van der Waals surface area (Å²) in [5, 5.41) is 16.1. The Kier molecular flexibility index (Phi) is 3.31. The van der Waals surface area contributed by atoms with Gasteiger partial charge in [-0.2, -0.15) is 5.10 Å². The van der Waals surface area contributed by atoms with Crippen molar-refractivity contribution in [2.45, 2.75) is 26.4 Å². The average molecular weight is 183 g/mol. The normalized spacial score (nSPS) is 12.9. The summed E-state index contributed by atoms with van der Waals surface area (Å²) in [6, 6.07) is 0. The van der Waals surface area contributed by atoms with Crippen molar-refractivity contribution in [1.29, 1.82) is 0 Å². The van der Waals surface area contributed by atoms with Gasteiger partial charge in [0.25, 0.3) is 0 Å². The molecule has 4 heteroatoms. The van der Waals surface area contributed by atoms with E-state index < -0.39 is 0 Å². The quantitative estimate of drug-likeness (QED) is 0.725. The number of aliphatic hydroxyl groups is 1. The molecule has 0 saturated carbocycles. The molecule has 0 bridgehead atoms. The zero-order valence-corrected chi connectivity index (χ0v) is 8.41. The van der Waals surface area contributed by atoms with Crippen molar-refractivity contribution in [2.75, 3.05) is 18.5 Å². The summed E-state index contributed by atoms with van der Waals surface area (Å²) in [4.78, 5) is 2.01. The number of anilines is 1. The summed E-state index contributed by atoms with van der Waals surface area (Å²) in [5.74, 6) is 0. The predicted octanol–water partition coefficient (Wildman–Crippen LogP) is 0.789. The van der Waals surface area contributed by atoms with Crippen LogP contribution in [0.15, 0.2) is 6.20 Å². The number of hydrogen-bond donors (Lipinski definition) is 2. The van der Waals surface area contributed by atoms with Crippen LogP contribution in [-0.4, -0.2) is 35.0 Å². The van der Waals surface area contributed by atoms with Crippen molar-refractivity contribution >= 4 is 5.69 Å². The Bertz CT molecular complexity index is 257. The van der Waals surface area contributed by atoms with Crippen LogP contribution in [0.1, 0.15) is 19.5 Å². The first-order valence-corrected chi connectivity index (χ1v) is 4.56. The highest BCUT2D eigenvalue weighted by Crippen LogP contribution is 2.16. The Balaban J connectivity index is 2.69. The van der Waals surface area contributed by atoms with Gasteiger partial charge in [0, 0.05) is 13.6 Å². The van der Waals surface area contributed by atoms with Gasteiger partial charge < -0.3 is 10.0 Å². The first kappa shape index (κ1) is 10.1. The number of rotatable bonds is 4. The Labute approximate surface area is 78.6 Å². The van der Waals surface area contributed by atoms with Gasteiger partial charge in [0.15, 0.2) is 0 Å². The summed E-state index contributed by atoms with van der Waals surface area (Å²) in [6.07, 6.45) is 2.41. The van der Waals surface area contributed by atoms with Gasteiger partial charge in [-0.1, -0.05) is 6.92 Å². The van der Waals surface area contributed by atoms with Gasteiger partial charge in [-0.15, -0.1) is 0 Å². The molecule has 0 saturated heterocycles. The minimum atomic E-state index is -0.315. The topological polar surface area (TPSA) is 52.2 Å². The third kappa shape index (κ3) is 2.45. The second-order valence-corrected chi connectivity index (χ2v) is 3.32. The van der Waals surface area contributed by atoms with Gasteiger partial charge >= 0.3 is 0 Å². The highest BCUT2D eigenvalue weighted by atomic mass is 16.3. The number of likely N-dealkylation sites (N-methyl/N-ethyl adjacent to an activating group) is 1. The molecule has 0 aliphatic rings. The molecule has 1 heterocycles. The third-order valence-electron chi connectivity index (χ3n) is 2.00. The van der Waals surface area contributed by atoms with Gasteiger partial charge in [0.05, 0.1) is 23.7 Å². The molecule has 13 heavy (non-hydrogen) atoms. The minimum absolute atomic E-state index is 0.315. The molecule has 1 aromatic heterocycles. The molecule has 1 unspecified atom stereocenters. The van der Waals surface area contributed by atoms with Gasteiger partial charge in [0.2, 0.25) is 0 Å². The van der Waals surface area contributed by atoms with Crippen LogP contribution >= 0.6 is 0 Å². The van der Waals surface area contributed by atoms with Gasteiger partial charge in [-0.25, -0.2) is 0 Å². The highest BCUT2D eigenvalue weighted by molar-refractivity contribution is 5.48. The van der Waals surface area contributed by atoms with Crippen LogP contribution in [0.3, 0.4) is 0 Å². The average Bonchev–Trinajstić information content (AvgIpc) is 2.49. The summed E-state index contributed by atoms with van der Waals surface area (Å²) in [5.41, 5.74) is 2.19. The fourth-order valence-electron chi connectivity index (χ4n) is 1.39. The molecule has 0 aromatic carbocycles. The predicted molar refractivity (Wildman–Crippen MR) is 52.9 cm³/mol. The maximum absolute atomic E-state index is 9.21. The molecule has 0 aliphatic heterocycles. The number of nitrogens with one attached hydrogen (secondary N) is 1. The minimum Gasteiger partial charge on any atom is -0.392 e. The van der Waals surface area contributed by atoms with E-state index in [1.165, 1.54) is 0 Å². The smallest absolute Gasteiger partial charge is 0.0780 e. The molecule has 0 amide bonds. The second kappa shape index (κ2) is 4.28. The van der Waals surface area contributed by atoms with Gasteiger partial charge in [0.1, 0.15) is 0 Å². The molecule has 0 aliphatic carbocycles. The summed E-state index contributed by atoms with van der Waals surface area (Å²) >= 11 is 0. The van der Waals surface area contributed by atoms with E-state index in [1.807, 2.05) is 11.9 Å². The van der Waals surface area contributed by atoms with Crippen molar-refractivity contribution in [1.82, 2.24) is 10.2 Å². The second-order valence-electron chi connectivity index (χ2n) is 3.32. The van der Waals surface area contributed by atoms with Crippen molar-refractivity contribution in [3.8, 4) is 0 Å². The van der Waals surface area contributed by atoms with Crippen molar-refractivity contribution in [3.05, 3.63) is 11.9 Å². The van der Waals surface area contributed by atoms with E-state index in [0.717, 1.165) is 17.8 Å². The maximum Gasteiger partial charge on any atom is 0.0780 e. The van der Waals surface area contributed by atoms with Crippen LogP contribution in [0.2, 0.25) is 0 Å². The van der Waals surface area contributed by atoms with E-state index >= 15 is 0 Å². The number of aryl methyl sites for hydroxylation is 1. The molecule has 0 radical (unpaired) electrons. The third-order valence-corrected chi connectivity index (χ3v) is 2.00. The SMILES string of the molecule is CCc1[nH]ncc1N(C)CC(C)O. The first-order valence-electron chi connectivity index (χ1n) is 4.56. The Morgan fingerprint density at radius 3 is 2.92 bits per heavy atom. The van der Waals surface area contributed by atoms with Crippen LogP contribution in [-0.2, 0) is 6.42 Å². The van der Waals surface area contributed by atoms with Gasteiger partial charge in [-0.05, 0) is 13.3 Å². The number of aromatic nitrogens is 2. The fraction of sp³-hybridized carbons (Fsp3) is 0.667. The largest absolute Gasteiger partial charge is 0.392 e. The highest BCUT2D eigenvalue weighted by Gasteiger charge is 2.09. The molecular formula is C9H17N3O. The van der Waals surface area contributed by atoms with E-state index in [9.17, 15) is 5.11 Å². The van der Waals surface area contributed by atoms with E-state index in [4.69, 9.17) is 0 Å². The van der Waals surface area contributed by atoms with Crippen molar-refractivity contribution < 1.29 is 5.11 Å². The number of aliphatic hydroxyl groups excluding tert-OH is 1. The Morgan fingerprint density at radius 1 is 1.69 bits per heavy atom. The standard InChI is InChI=1S/C9H17N3O/c1-4-8-9(5-10-11-8)12(3)6-7(2)13/h5,7,13H,4,6H2,1-3H3,(H,10,11). The van der Waals surface area contributed by atoms with Crippen LogP contribution in [0.5, 0.6) is 0 Å². The molecule has 2 N–H and O–H groups in total. The molecule has 0 spiro atoms. The fourth-order valence-corrected chi connectivity index (χ4v) is 1.39. The lowest BCUT2D eigenvalue weighted by molar-refractivity contribution is 0.201. The zero-order chi connectivity index (χ0) is 9.84. The van der Waals surface area contributed by atoms with E-state index in [-0.39, 0.29) is 6.10 Å². The summed E-state index contributed by atoms with van der Waals surface area (Å²) in [7, 11) is 1.96. The van der Waals surface area contributed by atoms with E-state index in [2.05, 4.69) is 17.1 Å². The van der Waals surface area contributed by atoms with Crippen LogP contribution in [0.4, 0.5) is 5.69 Å². The molecule has 1 atom stereocenters. The Morgan fingerprint density at radius 2 is 2.38 bits per heavy atom. The maximum atomic E-state index is 9.21. The lowest BCUT2D eigenvalue weighted by atomic mass is 10.2. The number of hydrogen-bond acceptors (Lipinski definition) is 3. The molecule has 1 rings (SSSR count). The molecule has 74 valence electrons. The van der Waals surface area contributed by atoms with Crippen LogP contribution in [0, 0.1) is 0 Å². The van der Waals surface area contributed by atoms with Crippen LogP contribution in [0.25, 0.3) is 0 Å². The number of H-pyrrole nitrogens is 1. The van der Waals surface area contributed by atoms with E-state index in [0.29, 0.717) is 6.54 Å². The monoisotopic (exact) mass is 183 g/mol. The van der Waals surface area contributed by atoms with Crippen molar-refractivity contribution in [3.63, 3.8) is 0 Å². The number of nitrogens with zero attached hydrogens (tertiary/aromatic N) is 2. The van der Waals surface area contributed by atoms with Crippen LogP contribution < -0.4 is 4.90 Å². The molecule has 4 nitrogen and oxygen atoms in total. The molecular weight excluding hydrogens is 166 g/mol. The summed E-state index contributed by atoms with van der Waals surface area (Å²) in [6.45, 7) is 4.49. The lowest BCUT2D eigenvalue weighted by Crippen LogP contribution is -2.27. The number of aromatic amines is 1. The summed E-state index contributed by atoms with van der Waals surface area (Å²) < 4.78 is 0. The molecule has 1 aromatic rings. The zero-order valence-electron chi connectivity index (χ0n) is 8.41. The lowest BCUT2D eigenvalue weighted by Gasteiger charge is -2.20.